The van der Waals surface area contributed by atoms with Gasteiger partial charge in [0.05, 0.1) is 17.4 Å². The molecule has 3 heterocycles. The molecule has 2 aliphatic heterocycles. The van der Waals surface area contributed by atoms with Gasteiger partial charge in [0.25, 0.3) is 0 Å². The first-order chi connectivity index (χ1) is 13.4. The number of H-pyrrole nitrogens is 1. The summed E-state index contributed by atoms with van der Waals surface area (Å²) in [6.07, 6.45) is 0. The van der Waals surface area contributed by atoms with Crippen molar-refractivity contribution in [3.8, 4) is 0 Å². The lowest BCUT2D eigenvalue weighted by molar-refractivity contribution is 0.269. The zero-order valence-electron chi connectivity index (χ0n) is 15.7. The van der Waals surface area contributed by atoms with E-state index < -0.39 is 10.0 Å². The fraction of sp³-hybridized carbons (Fsp3) is 0.444. The second-order valence-corrected chi connectivity index (χ2v) is 9.81. The van der Waals surface area contributed by atoms with Gasteiger partial charge < -0.3 is 4.90 Å². The molecule has 1 aromatic heterocycles. The molecule has 4 rings (SSSR count). The Labute approximate surface area is 168 Å². The zero-order valence-corrected chi connectivity index (χ0v) is 17.4. The third-order valence-electron chi connectivity index (χ3n) is 5.06. The van der Waals surface area contributed by atoms with Crippen LogP contribution in [0.2, 0.25) is 0 Å². The van der Waals surface area contributed by atoms with Crippen LogP contribution >= 0.6 is 11.8 Å². The summed E-state index contributed by atoms with van der Waals surface area (Å²) in [5.41, 5.74) is 2.06. The van der Waals surface area contributed by atoms with Gasteiger partial charge in [-0.15, -0.1) is 0 Å². The minimum Gasteiger partial charge on any atom is -0.349 e. The van der Waals surface area contributed by atoms with E-state index in [4.69, 9.17) is 4.99 Å². The fourth-order valence-corrected chi connectivity index (χ4v) is 6.45. The summed E-state index contributed by atoms with van der Waals surface area (Å²) in [5, 5.41) is 7.69. The zero-order chi connectivity index (χ0) is 19.9. The number of aromatic amines is 1. The number of aromatic nitrogens is 2. The van der Waals surface area contributed by atoms with Crippen molar-refractivity contribution in [2.75, 3.05) is 31.9 Å². The Hall–Kier alpha value is -1.91. The number of nitrogens with one attached hydrogen (secondary N) is 1. The number of piperazine rings is 1. The molecular weight excluding hydrogens is 401 g/mol. The van der Waals surface area contributed by atoms with Crippen LogP contribution in [0, 0.1) is 19.7 Å². The maximum Gasteiger partial charge on any atom is 0.246 e. The molecular formula is C18H22FN5O2S2. The molecule has 0 aliphatic carbocycles. The van der Waals surface area contributed by atoms with Crippen molar-refractivity contribution in [3.05, 3.63) is 47.0 Å². The third kappa shape index (κ3) is 3.56. The average Bonchev–Trinajstić information content (AvgIpc) is 3.30. The Morgan fingerprint density at radius 2 is 1.82 bits per heavy atom. The predicted molar refractivity (Wildman–Crippen MR) is 107 cm³/mol. The monoisotopic (exact) mass is 423 g/mol. The molecule has 10 heteroatoms. The molecule has 150 valence electrons. The second-order valence-electron chi connectivity index (χ2n) is 6.94. The number of nitrogens with zero attached hydrogens (tertiary/aromatic N) is 4. The number of amidine groups is 1. The lowest BCUT2D eigenvalue weighted by Gasteiger charge is -2.34. The Kier molecular flexibility index (Phi) is 5.19. The number of aryl methyl sites for hydroxylation is 2. The van der Waals surface area contributed by atoms with E-state index in [-0.39, 0.29) is 16.8 Å². The number of sulfonamides is 1. The highest BCUT2D eigenvalue weighted by Crippen LogP contribution is 2.32. The van der Waals surface area contributed by atoms with Gasteiger partial charge in [-0.2, -0.15) is 9.40 Å². The van der Waals surface area contributed by atoms with Gasteiger partial charge in [-0.3, -0.25) is 10.1 Å². The fourth-order valence-electron chi connectivity index (χ4n) is 3.56. The highest BCUT2D eigenvalue weighted by Gasteiger charge is 2.34. The first kappa shape index (κ1) is 19.4. The molecule has 1 saturated heterocycles. The highest BCUT2D eigenvalue weighted by molar-refractivity contribution is 8.14. The predicted octanol–water partition coefficient (Wildman–Crippen LogP) is 2.32. The lowest BCUT2D eigenvalue weighted by atomic mass is 10.1. The molecule has 2 aliphatic rings. The molecule has 1 N–H and O–H groups in total. The first-order valence-electron chi connectivity index (χ1n) is 9.09. The first-order valence-corrected chi connectivity index (χ1v) is 11.5. The summed E-state index contributed by atoms with van der Waals surface area (Å²) in [6, 6.07) is 6.47. The minimum atomic E-state index is -3.55. The number of aliphatic imine (C=N–C) groups is 1. The summed E-state index contributed by atoms with van der Waals surface area (Å²) in [7, 11) is -3.55. The Bertz CT molecular complexity index is 976. The van der Waals surface area contributed by atoms with Gasteiger partial charge in [0.1, 0.15) is 10.7 Å². The average molecular weight is 424 g/mol. The molecule has 0 spiro atoms. The molecule has 1 unspecified atom stereocenters. The van der Waals surface area contributed by atoms with Crippen LogP contribution in [0.3, 0.4) is 0 Å². The summed E-state index contributed by atoms with van der Waals surface area (Å²) < 4.78 is 40.6. The maximum atomic E-state index is 13.1. The number of hydrogen-bond acceptors (Lipinski definition) is 6. The molecule has 1 aromatic carbocycles. The van der Waals surface area contributed by atoms with Gasteiger partial charge in [0, 0.05) is 31.9 Å². The van der Waals surface area contributed by atoms with Crippen LogP contribution in [-0.4, -0.2) is 64.9 Å². The summed E-state index contributed by atoms with van der Waals surface area (Å²) >= 11 is 1.67. The molecule has 1 atom stereocenters. The van der Waals surface area contributed by atoms with Gasteiger partial charge in [0.15, 0.2) is 5.17 Å². The lowest BCUT2D eigenvalue weighted by Crippen LogP contribution is -2.49. The van der Waals surface area contributed by atoms with Crippen molar-refractivity contribution in [2.45, 2.75) is 24.8 Å². The van der Waals surface area contributed by atoms with E-state index in [9.17, 15) is 12.8 Å². The van der Waals surface area contributed by atoms with E-state index in [0.717, 1.165) is 16.5 Å². The number of halogens is 1. The van der Waals surface area contributed by atoms with Crippen molar-refractivity contribution < 1.29 is 12.8 Å². The van der Waals surface area contributed by atoms with Crippen LogP contribution in [0.4, 0.5) is 4.39 Å². The quantitative estimate of drug-likeness (QED) is 0.819. The standard InChI is InChI=1S/C18H22FN5O2S2/c1-12-17(13(2)22-21-12)28(25,26)24-9-7-23(8-10-24)18-20-16(11-27-18)14-3-5-15(19)6-4-14/h3-6,16H,7-11H2,1-2H3,(H,21,22). The van der Waals surface area contributed by atoms with Crippen LogP contribution < -0.4 is 0 Å². The third-order valence-corrected chi connectivity index (χ3v) is 8.33. The molecule has 0 amide bonds. The van der Waals surface area contributed by atoms with Crippen molar-refractivity contribution in [1.29, 1.82) is 0 Å². The van der Waals surface area contributed by atoms with Crippen LogP contribution in [0.15, 0.2) is 34.2 Å². The summed E-state index contributed by atoms with van der Waals surface area (Å²) in [6.45, 7) is 5.43. The number of hydrogen-bond donors (Lipinski definition) is 1. The van der Waals surface area contributed by atoms with Crippen molar-refractivity contribution in [2.24, 2.45) is 4.99 Å². The molecule has 28 heavy (non-hydrogen) atoms. The van der Waals surface area contributed by atoms with Gasteiger partial charge in [-0.25, -0.2) is 12.8 Å². The Morgan fingerprint density at radius 1 is 1.14 bits per heavy atom. The number of benzene rings is 1. The summed E-state index contributed by atoms with van der Waals surface area (Å²) in [4.78, 5) is 7.19. The molecule has 0 bridgehead atoms. The van der Waals surface area contributed by atoms with E-state index >= 15 is 0 Å². The van der Waals surface area contributed by atoms with E-state index in [1.165, 1.54) is 16.4 Å². The summed E-state index contributed by atoms with van der Waals surface area (Å²) in [5.74, 6) is 0.561. The Balaban J connectivity index is 1.43. The van der Waals surface area contributed by atoms with Crippen LogP contribution in [0.1, 0.15) is 23.0 Å². The van der Waals surface area contributed by atoms with Gasteiger partial charge >= 0.3 is 0 Å². The highest BCUT2D eigenvalue weighted by atomic mass is 32.2. The van der Waals surface area contributed by atoms with Crippen molar-refractivity contribution >= 4 is 27.0 Å². The normalized spacial score (nSPS) is 21.2. The SMILES string of the molecule is Cc1n[nH]c(C)c1S(=O)(=O)N1CCN(C2=NC(c3ccc(F)cc3)CS2)CC1. The maximum absolute atomic E-state index is 13.1. The smallest absolute Gasteiger partial charge is 0.246 e. The number of thioether (sulfide) groups is 1. The van der Waals surface area contributed by atoms with Crippen LogP contribution in [0.5, 0.6) is 0 Å². The van der Waals surface area contributed by atoms with E-state index in [2.05, 4.69) is 15.1 Å². The molecule has 7 nitrogen and oxygen atoms in total. The Morgan fingerprint density at radius 3 is 2.43 bits per heavy atom. The van der Waals surface area contributed by atoms with E-state index in [1.807, 2.05) is 0 Å². The molecule has 1 fully saturated rings. The van der Waals surface area contributed by atoms with Crippen LogP contribution in [0.25, 0.3) is 0 Å². The number of rotatable bonds is 3. The van der Waals surface area contributed by atoms with Gasteiger partial charge in [-0.05, 0) is 31.5 Å². The molecule has 0 radical (unpaired) electrons. The van der Waals surface area contributed by atoms with Crippen molar-refractivity contribution in [3.63, 3.8) is 0 Å². The van der Waals surface area contributed by atoms with E-state index in [0.29, 0.717) is 37.6 Å². The molecule has 2 aromatic rings. The molecule has 0 saturated carbocycles. The minimum absolute atomic E-state index is 0.0126. The van der Waals surface area contributed by atoms with Crippen LogP contribution in [-0.2, 0) is 10.0 Å². The van der Waals surface area contributed by atoms with E-state index in [1.54, 1.807) is 37.7 Å². The largest absolute Gasteiger partial charge is 0.349 e. The van der Waals surface area contributed by atoms with Crippen molar-refractivity contribution in [1.82, 2.24) is 19.4 Å². The topological polar surface area (TPSA) is 81.7 Å². The van der Waals surface area contributed by atoms with Gasteiger partial charge in [0.2, 0.25) is 10.0 Å². The van der Waals surface area contributed by atoms with Gasteiger partial charge in [-0.1, -0.05) is 23.9 Å². The second kappa shape index (κ2) is 7.49.